The lowest BCUT2D eigenvalue weighted by Crippen LogP contribution is -2.13. The average Bonchev–Trinajstić information content (AvgIpc) is 2.68. The van der Waals surface area contributed by atoms with Crippen molar-refractivity contribution in [2.24, 2.45) is 0 Å². The molecule has 0 saturated heterocycles. The third kappa shape index (κ3) is 3.16. The zero-order chi connectivity index (χ0) is 12.8. The zero-order valence-corrected chi connectivity index (χ0v) is 10.9. The van der Waals surface area contributed by atoms with E-state index in [9.17, 15) is 0 Å². The molecule has 1 atom stereocenters. The van der Waals surface area contributed by atoms with Crippen molar-refractivity contribution >= 4 is 6.08 Å². The molecule has 1 aliphatic rings. The highest BCUT2D eigenvalue weighted by Gasteiger charge is 2.11. The van der Waals surface area contributed by atoms with Gasteiger partial charge in [-0.2, -0.15) is 0 Å². The zero-order valence-electron chi connectivity index (χ0n) is 10.9. The fourth-order valence-electron chi connectivity index (χ4n) is 2.13. The molecule has 1 aliphatic carbocycles. The number of methoxy groups -OCH3 is 1. The summed E-state index contributed by atoms with van der Waals surface area (Å²) in [4.78, 5) is 0. The first-order valence-corrected chi connectivity index (χ1v) is 6.47. The van der Waals surface area contributed by atoms with Gasteiger partial charge in [-0.05, 0) is 50.0 Å². The van der Waals surface area contributed by atoms with Gasteiger partial charge in [0.15, 0.2) is 0 Å². The maximum atomic E-state index is 6.04. The number of rotatable bonds is 4. The number of allylic oxidation sites excluding steroid dienone is 1. The lowest BCUT2D eigenvalue weighted by atomic mass is 10.1. The fourth-order valence-corrected chi connectivity index (χ4v) is 2.13. The second kappa shape index (κ2) is 6.29. The number of hydrogen-bond acceptors (Lipinski definition) is 2. The minimum atomic E-state index is 0.180. The molecule has 2 heteroatoms. The smallest absolute Gasteiger partial charge is 0.127 e. The van der Waals surface area contributed by atoms with E-state index in [1.807, 2.05) is 18.2 Å². The van der Waals surface area contributed by atoms with Gasteiger partial charge < -0.3 is 9.47 Å². The van der Waals surface area contributed by atoms with E-state index >= 15 is 0 Å². The summed E-state index contributed by atoms with van der Waals surface area (Å²) in [6, 6.07) is 5.82. The molecule has 0 aliphatic heterocycles. The van der Waals surface area contributed by atoms with Crippen molar-refractivity contribution in [3.63, 3.8) is 0 Å². The molecular weight excluding hydrogens is 224 g/mol. The summed E-state index contributed by atoms with van der Waals surface area (Å²) in [7, 11) is 1.66. The summed E-state index contributed by atoms with van der Waals surface area (Å²) in [5, 5.41) is 0. The van der Waals surface area contributed by atoms with E-state index in [2.05, 4.69) is 18.7 Å². The van der Waals surface area contributed by atoms with Gasteiger partial charge in [0.05, 0.1) is 7.11 Å². The standard InChI is InChI=1S/C16H20O2/c1-3-13-12-15(17-2)10-11-16(13)18-14-8-6-4-5-7-9-14/h3,6,8,10-12,14H,1,4-5,7,9H2,2H3. The van der Waals surface area contributed by atoms with Crippen LogP contribution in [0, 0.1) is 0 Å². The highest BCUT2D eigenvalue weighted by Crippen LogP contribution is 2.27. The molecule has 0 N–H and O–H groups in total. The molecule has 0 radical (unpaired) electrons. The van der Waals surface area contributed by atoms with Gasteiger partial charge in [-0.1, -0.05) is 18.7 Å². The van der Waals surface area contributed by atoms with Crippen LogP contribution >= 0.6 is 0 Å². The fraction of sp³-hybridized carbons (Fsp3) is 0.375. The molecule has 1 unspecified atom stereocenters. The predicted molar refractivity (Wildman–Crippen MR) is 75.1 cm³/mol. The molecule has 0 heterocycles. The Balaban J connectivity index is 2.14. The lowest BCUT2D eigenvalue weighted by Gasteiger charge is -2.17. The summed E-state index contributed by atoms with van der Waals surface area (Å²) >= 11 is 0. The normalized spacial score (nSPS) is 19.1. The Bertz CT molecular complexity index is 435. The Morgan fingerprint density at radius 3 is 3.00 bits per heavy atom. The second-order valence-corrected chi connectivity index (χ2v) is 4.48. The Labute approximate surface area is 109 Å². The van der Waals surface area contributed by atoms with Crippen LogP contribution in [-0.2, 0) is 0 Å². The van der Waals surface area contributed by atoms with Crippen LogP contribution in [0.2, 0.25) is 0 Å². The first-order chi connectivity index (χ1) is 8.83. The van der Waals surface area contributed by atoms with Crippen LogP contribution < -0.4 is 9.47 Å². The molecule has 0 saturated carbocycles. The van der Waals surface area contributed by atoms with Gasteiger partial charge >= 0.3 is 0 Å². The topological polar surface area (TPSA) is 18.5 Å². The largest absolute Gasteiger partial charge is 0.497 e. The van der Waals surface area contributed by atoms with E-state index in [1.165, 1.54) is 12.8 Å². The summed E-state index contributed by atoms with van der Waals surface area (Å²) in [5.74, 6) is 1.70. The maximum Gasteiger partial charge on any atom is 0.127 e. The second-order valence-electron chi connectivity index (χ2n) is 4.48. The van der Waals surface area contributed by atoms with Crippen LogP contribution in [0.15, 0.2) is 36.9 Å². The summed E-state index contributed by atoms with van der Waals surface area (Å²) < 4.78 is 11.2. The molecule has 2 nitrogen and oxygen atoms in total. The Kier molecular flexibility index (Phi) is 4.46. The predicted octanol–water partition coefficient (Wildman–Crippen LogP) is 4.22. The molecular formula is C16H20O2. The molecule has 18 heavy (non-hydrogen) atoms. The summed E-state index contributed by atoms with van der Waals surface area (Å²) in [6.45, 7) is 3.83. The van der Waals surface area contributed by atoms with Gasteiger partial charge in [0, 0.05) is 5.56 Å². The third-order valence-electron chi connectivity index (χ3n) is 3.18. The Morgan fingerprint density at radius 1 is 1.33 bits per heavy atom. The number of ether oxygens (including phenoxy) is 2. The quantitative estimate of drug-likeness (QED) is 0.738. The van der Waals surface area contributed by atoms with Gasteiger partial charge in [-0.15, -0.1) is 0 Å². The molecule has 1 aromatic rings. The van der Waals surface area contributed by atoms with Gasteiger partial charge in [0.1, 0.15) is 17.6 Å². The molecule has 2 rings (SSSR count). The SMILES string of the molecule is C=Cc1cc(OC)ccc1OC1C=CCCCC1. The number of benzene rings is 1. The van der Waals surface area contributed by atoms with Crippen LogP contribution in [0.3, 0.4) is 0 Å². The van der Waals surface area contributed by atoms with Crippen molar-refractivity contribution in [2.45, 2.75) is 31.8 Å². The first kappa shape index (κ1) is 12.7. The molecule has 96 valence electrons. The average molecular weight is 244 g/mol. The van der Waals surface area contributed by atoms with E-state index in [4.69, 9.17) is 9.47 Å². The minimum absolute atomic E-state index is 0.180. The third-order valence-corrected chi connectivity index (χ3v) is 3.18. The molecule has 0 fully saturated rings. The van der Waals surface area contributed by atoms with E-state index in [0.717, 1.165) is 29.9 Å². The molecule has 0 spiro atoms. The van der Waals surface area contributed by atoms with Crippen molar-refractivity contribution in [1.29, 1.82) is 0 Å². The van der Waals surface area contributed by atoms with E-state index < -0.39 is 0 Å². The molecule has 1 aromatic carbocycles. The van der Waals surface area contributed by atoms with Gasteiger partial charge in [0.2, 0.25) is 0 Å². The number of hydrogen-bond donors (Lipinski definition) is 0. The summed E-state index contributed by atoms with van der Waals surface area (Å²) in [5.41, 5.74) is 0.979. The lowest BCUT2D eigenvalue weighted by molar-refractivity contribution is 0.236. The highest BCUT2D eigenvalue weighted by molar-refractivity contribution is 5.58. The van der Waals surface area contributed by atoms with Crippen molar-refractivity contribution in [3.05, 3.63) is 42.5 Å². The van der Waals surface area contributed by atoms with Gasteiger partial charge in [-0.3, -0.25) is 0 Å². The van der Waals surface area contributed by atoms with Crippen molar-refractivity contribution in [2.75, 3.05) is 7.11 Å². The van der Waals surface area contributed by atoms with Gasteiger partial charge in [-0.25, -0.2) is 0 Å². The van der Waals surface area contributed by atoms with Crippen LogP contribution in [0.5, 0.6) is 11.5 Å². The van der Waals surface area contributed by atoms with Gasteiger partial charge in [0.25, 0.3) is 0 Å². The van der Waals surface area contributed by atoms with E-state index in [-0.39, 0.29) is 6.10 Å². The van der Waals surface area contributed by atoms with E-state index in [0.29, 0.717) is 0 Å². The monoisotopic (exact) mass is 244 g/mol. The van der Waals surface area contributed by atoms with Crippen LogP contribution in [0.4, 0.5) is 0 Å². The Morgan fingerprint density at radius 2 is 2.22 bits per heavy atom. The van der Waals surface area contributed by atoms with E-state index in [1.54, 1.807) is 13.2 Å². The van der Waals surface area contributed by atoms with Crippen LogP contribution in [-0.4, -0.2) is 13.2 Å². The Hall–Kier alpha value is -1.70. The highest BCUT2D eigenvalue weighted by atomic mass is 16.5. The van der Waals surface area contributed by atoms with Crippen LogP contribution in [0.25, 0.3) is 6.08 Å². The molecule has 0 aromatic heterocycles. The summed E-state index contributed by atoms with van der Waals surface area (Å²) in [6.07, 6.45) is 11.1. The van der Waals surface area contributed by atoms with Crippen LogP contribution in [0.1, 0.15) is 31.2 Å². The first-order valence-electron chi connectivity index (χ1n) is 6.47. The molecule has 0 amide bonds. The van der Waals surface area contributed by atoms with Crippen molar-refractivity contribution in [3.8, 4) is 11.5 Å². The van der Waals surface area contributed by atoms with Crippen molar-refractivity contribution in [1.82, 2.24) is 0 Å². The minimum Gasteiger partial charge on any atom is -0.497 e. The molecule has 0 bridgehead atoms. The van der Waals surface area contributed by atoms with Crippen molar-refractivity contribution < 1.29 is 9.47 Å². The maximum absolute atomic E-state index is 6.04.